The largest absolute Gasteiger partial charge is 0.382 e. The second-order valence-corrected chi connectivity index (χ2v) is 7.64. The smallest absolute Gasteiger partial charge is 0.229 e. The number of nitrogens with zero attached hydrogens (tertiary/aromatic N) is 4. The molecule has 1 heterocycles. The number of aromatic nitrogens is 2. The molecule has 0 bridgehead atoms. The lowest BCUT2D eigenvalue weighted by Crippen LogP contribution is -2.13. The molecule has 3 N–H and O–H groups in total. The third-order valence-electron chi connectivity index (χ3n) is 5.07. The Balaban J connectivity index is 1.95. The van der Waals surface area contributed by atoms with Crippen LogP contribution in [0.2, 0.25) is 0 Å². The van der Waals surface area contributed by atoms with Crippen molar-refractivity contribution in [1.82, 2.24) is 9.97 Å². The van der Waals surface area contributed by atoms with E-state index in [0.29, 0.717) is 35.2 Å². The molecular formula is C26H26N6O3. The van der Waals surface area contributed by atoms with Gasteiger partial charge < -0.3 is 25.2 Å². The Hall–Kier alpha value is -4.28. The average molecular weight is 471 g/mol. The van der Waals surface area contributed by atoms with Gasteiger partial charge in [-0.1, -0.05) is 0 Å². The van der Waals surface area contributed by atoms with Gasteiger partial charge >= 0.3 is 0 Å². The van der Waals surface area contributed by atoms with Crippen LogP contribution >= 0.6 is 0 Å². The first kappa shape index (κ1) is 25.3. The molecule has 3 aromatic rings. The lowest BCUT2D eigenvalue weighted by Gasteiger charge is -2.19. The number of aryl methyl sites for hydroxylation is 2. The highest BCUT2D eigenvalue weighted by Crippen LogP contribution is 2.31. The fourth-order valence-electron chi connectivity index (χ4n) is 3.36. The van der Waals surface area contributed by atoms with E-state index in [1.165, 1.54) is 12.3 Å². The fourth-order valence-corrected chi connectivity index (χ4v) is 3.36. The van der Waals surface area contributed by atoms with E-state index < -0.39 is 6.29 Å². The van der Waals surface area contributed by atoms with Crippen molar-refractivity contribution in [3.05, 3.63) is 76.5 Å². The Morgan fingerprint density at radius 2 is 1.80 bits per heavy atom. The molecule has 0 amide bonds. The van der Waals surface area contributed by atoms with Crippen LogP contribution in [0.15, 0.2) is 48.7 Å². The van der Waals surface area contributed by atoms with Crippen molar-refractivity contribution in [2.24, 2.45) is 0 Å². The number of allylic oxidation sites excluding steroid dienone is 1. The molecule has 0 radical (unpaired) electrons. The number of rotatable bonds is 10. The SMILES string of the molecule is COCCOC(O)c1cnc(Nc2ccc(C#N)cc2)nc1Nc1c(C)cc(/C=C/C#N)cc1C. The van der Waals surface area contributed by atoms with Crippen molar-refractivity contribution in [2.45, 2.75) is 20.1 Å². The molecule has 0 saturated heterocycles. The summed E-state index contributed by atoms with van der Waals surface area (Å²) in [6, 6.07) is 14.9. The molecule has 9 nitrogen and oxygen atoms in total. The van der Waals surface area contributed by atoms with Crippen LogP contribution in [0, 0.1) is 36.5 Å². The predicted molar refractivity (Wildman–Crippen MR) is 133 cm³/mol. The number of aliphatic hydroxyl groups is 1. The molecule has 0 saturated carbocycles. The second kappa shape index (κ2) is 12.3. The van der Waals surface area contributed by atoms with Gasteiger partial charge in [-0.3, -0.25) is 0 Å². The summed E-state index contributed by atoms with van der Waals surface area (Å²) < 4.78 is 10.5. The molecular weight excluding hydrogens is 444 g/mol. The molecule has 0 spiro atoms. The van der Waals surface area contributed by atoms with Gasteiger partial charge in [0.05, 0.1) is 36.5 Å². The number of ether oxygens (including phenoxy) is 2. The maximum Gasteiger partial charge on any atom is 0.229 e. The minimum absolute atomic E-state index is 0.195. The molecule has 0 aliphatic carbocycles. The highest BCUT2D eigenvalue weighted by molar-refractivity contribution is 5.70. The Labute approximate surface area is 204 Å². The fraction of sp³-hybridized carbons (Fsp3) is 0.231. The van der Waals surface area contributed by atoms with Crippen molar-refractivity contribution in [3.63, 3.8) is 0 Å². The quantitative estimate of drug-likeness (QED) is 0.220. The molecule has 1 unspecified atom stereocenters. The minimum Gasteiger partial charge on any atom is -0.382 e. The predicted octanol–water partition coefficient (Wildman–Crippen LogP) is 4.64. The van der Waals surface area contributed by atoms with Crippen molar-refractivity contribution in [1.29, 1.82) is 10.5 Å². The third kappa shape index (κ3) is 6.85. The van der Waals surface area contributed by atoms with Crippen molar-refractivity contribution in [3.8, 4) is 12.1 Å². The Morgan fingerprint density at radius 3 is 2.43 bits per heavy atom. The molecule has 2 aromatic carbocycles. The Morgan fingerprint density at radius 1 is 1.09 bits per heavy atom. The van der Waals surface area contributed by atoms with Gasteiger partial charge in [-0.15, -0.1) is 0 Å². The summed E-state index contributed by atoms with van der Waals surface area (Å²) in [5.74, 6) is 0.668. The number of aliphatic hydroxyl groups excluding tert-OH is 1. The number of nitrogens with one attached hydrogen (secondary N) is 2. The van der Waals surface area contributed by atoms with Gasteiger partial charge in [-0.25, -0.2) is 4.98 Å². The summed E-state index contributed by atoms with van der Waals surface area (Å²) in [5, 5.41) is 34.9. The first-order chi connectivity index (χ1) is 16.9. The van der Waals surface area contributed by atoms with Gasteiger partial charge in [-0.05, 0) is 73.0 Å². The van der Waals surface area contributed by atoms with Gasteiger partial charge in [0.15, 0.2) is 6.29 Å². The highest BCUT2D eigenvalue weighted by Gasteiger charge is 2.18. The molecule has 178 valence electrons. The molecule has 9 heteroatoms. The van der Waals surface area contributed by atoms with Gasteiger partial charge in [-0.2, -0.15) is 15.5 Å². The zero-order chi connectivity index (χ0) is 25.2. The maximum absolute atomic E-state index is 10.6. The van der Waals surface area contributed by atoms with Crippen molar-refractivity contribution >= 4 is 29.2 Å². The average Bonchev–Trinajstić information content (AvgIpc) is 2.85. The molecule has 1 atom stereocenters. The summed E-state index contributed by atoms with van der Waals surface area (Å²) >= 11 is 0. The van der Waals surface area contributed by atoms with E-state index in [2.05, 4.69) is 26.7 Å². The number of nitriles is 2. The van der Waals surface area contributed by atoms with Crippen LogP contribution in [0.5, 0.6) is 0 Å². The number of hydrogen-bond acceptors (Lipinski definition) is 9. The van der Waals surface area contributed by atoms with E-state index in [1.807, 2.05) is 32.0 Å². The maximum atomic E-state index is 10.6. The summed E-state index contributed by atoms with van der Waals surface area (Å²) in [4.78, 5) is 8.91. The zero-order valence-corrected chi connectivity index (χ0v) is 19.7. The van der Waals surface area contributed by atoms with E-state index in [1.54, 1.807) is 37.5 Å². The van der Waals surface area contributed by atoms with Crippen LogP contribution < -0.4 is 10.6 Å². The van der Waals surface area contributed by atoms with E-state index in [-0.39, 0.29) is 6.61 Å². The van der Waals surface area contributed by atoms with Crippen LogP contribution in [0.3, 0.4) is 0 Å². The number of methoxy groups -OCH3 is 1. The zero-order valence-electron chi connectivity index (χ0n) is 19.7. The minimum atomic E-state index is -1.27. The molecule has 0 aliphatic rings. The van der Waals surface area contributed by atoms with Gasteiger partial charge in [0.1, 0.15) is 5.82 Å². The molecule has 0 aliphatic heterocycles. The summed E-state index contributed by atoms with van der Waals surface area (Å²) in [6.45, 7) is 4.41. The normalized spacial score (nSPS) is 11.6. The molecule has 35 heavy (non-hydrogen) atoms. The molecule has 1 aromatic heterocycles. The Bertz CT molecular complexity index is 1250. The Kier molecular flexibility index (Phi) is 8.88. The van der Waals surface area contributed by atoms with Crippen LogP contribution in [-0.2, 0) is 9.47 Å². The summed E-state index contributed by atoms with van der Waals surface area (Å²) in [7, 11) is 1.55. The topological polar surface area (TPSA) is 136 Å². The van der Waals surface area contributed by atoms with E-state index in [4.69, 9.17) is 20.0 Å². The van der Waals surface area contributed by atoms with Crippen LogP contribution in [0.4, 0.5) is 23.1 Å². The number of hydrogen-bond donors (Lipinski definition) is 3. The van der Waals surface area contributed by atoms with E-state index in [9.17, 15) is 5.11 Å². The van der Waals surface area contributed by atoms with Gasteiger partial charge in [0.25, 0.3) is 0 Å². The molecule has 3 rings (SSSR count). The van der Waals surface area contributed by atoms with Gasteiger partial charge in [0, 0.05) is 30.8 Å². The number of anilines is 4. The van der Waals surface area contributed by atoms with Crippen molar-refractivity contribution < 1.29 is 14.6 Å². The molecule has 0 fully saturated rings. The number of benzene rings is 2. The highest BCUT2D eigenvalue weighted by atomic mass is 16.6. The van der Waals surface area contributed by atoms with E-state index in [0.717, 1.165) is 22.4 Å². The first-order valence-corrected chi connectivity index (χ1v) is 10.8. The monoisotopic (exact) mass is 470 g/mol. The first-order valence-electron chi connectivity index (χ1n) is 10.8. The van der Waals surface area contributed by atoms with Crippen molar-refractivity contribution in [2.75, 3.05) is 31.0 Å². The summed E-state index contributed by atoms with van der Waals surface area (Å²) in [5.41, 5.74) is 5.20. The summed E-state index contributed by atoms with van der Waals surface area (Å²) in [6.07, 6.45) is 3.40. The van der Waals surface area contributed by atoms with E-state index >= 15 is 0 Å². The second-order valence-electron chi connectivity index (χ2n) is 7.64. The standard InChI is InChI=1S/C26H26N6O3/c1-17-13-20(5-4-10-27)14-18(2)23(17)31-24-22(25(33)35-12-11-34-3)16-29-26(32-24)30-21-8-6-19(15-28)7-9-21/h4-9,13-14,16,25,33H,11-12H2,1-3H3,(H2,29,30,31,32)/b5-4+. The van der Waals surface area contributed by atoms with Gasteiger partial charge in [0.2, 0.25) is 5.95 Å². The van der Waals surface area contributed by atoms with Crippen LogP contribution in [0.25, 0.3) is 6.08 Å². The van der Waals surface area contributed by atoms with Crippen LogP contribution in [0.1, 0.15) is 34.1 Å². The third-order valence-corrected chi connectivity index (χ3v) is 5.07. The lowest BCUT2D eigenvalue weighted by atomic mass is 10.0. The lowest BCUT2D eigenvalue weighted by molar-refractivity contribution is -0.113. The van der Waals surface area contributed by atoms with Crippen LogP contribution in [-0.4, -0.2) is 35.4 Å².